The van der Waals surface area contributed by atoms with Gasteiger partial charge < -0.3 is 10.2 Å². The summed E-state index contributed by atoms with van der Waals surface area (Å²) in [6.07, 6.45) is 9.83. The minimum atomic E-state index is 0.373. The molecule has 2 aliphatic rings. The Morgan fingerprint density at radius 2 is 1.85 bits per heavy atom. The second-order valence-electron chi connectivity index (χ2n) is 7.13. The molecule has 1 unspecified atom stereocenters. The van der Waals surface area contributed by atoms with Gasteiger partial charge in [-0.05, 0) is 42.5 Å². The summed E-state index contributed by atoms with van der Waals surface area (Å²) in [6, 6.07) is 19.3. The van der Waals surface area contributed by atoms with E-state index >= 15 is 0 Å². The molecule has 4 nitrogen and oxygen atoms in total. The van der Waals surface area contributed by atoms with E-state index in [1.807, 2.05) is 36.5 Å². The number of anilines is 3. The number of nitrogens with zero attached hydrogens (tertiary/aromatic N) is 3. The van der Waals surface area contributed by atoms with Crippen LogP contribution in [0.25, 0.3) is 6.08 Å². The van der Waals surface area contributed by atoms with Crippen molar-refractivity contribution in [2.75, 3.05) is 16.8 Å². The summed E-state index contributed by atoms with van der Waals surface area (Å²) in [5, 5.41) is 3.32. The molecule has 1 aliphatic carbocycles. The third-order valence-electron chi connectivity index (χ3n) is 5.41. The van der Waals surface area contributed by atoms with E-state index < -0.39 is 0 Å². The zero-order valence-electron chi connectivity index (χ0n) is 15.2. The Bertz CT molecular complexity index is 981. The zero-order valence-corrected chi connectivity index (χ0v) is 15.2. The SMILES string of the molecule is C1=Cc2cnc(Nc3ccccc3)nc2N(C2CCCc3ccccc32)C1. The van der Waals surface area contributed by atoms with Crippen molar-refractivity contribution in [1.82, 2.24) is 9.97 Å². The molecule has 1 aliphatic heterocycles. The smallest absolute Gasteiger partial charge is 0.229 e. The van der Waals surface area contributed by atoms with Crippen molar-refractivity contribution in [3.8, 4) is 0 Å². The molecule has 0 radical (unpaired) electrons. The standard InChI is InChI=1S/C23H22N4/c1-2-11-19(12-3-1)25-23-24-16-18-10-7-15-27(22(18)26-23)21-14-6-9-17-8-4-5-13-20(17)21/h1-5,7-8,10-13,16,21H,6,9,14-15H2,(H,24,25,26). The number of para-hydroxylation sites is 1. The van der Waals surface area contributed by atoms with E-state index in [-0.39, 0.29) is 0 Å². The van der Waals surface area contributed by atoms with E-state index in [0.29, 0.717) is 12.0 Å². The summed E-state index contributed by atoms with van der Waals surface area (Å²) in [7, 11) is 0. The monoisotopic (exact) mass is 354 g/mol. The van der Waals surface area contributed by atoms with Gasteiger partial charge in [0.25, 0.3) is 0 Å². The van der Waals surface area contributed by atoms with Crippen LogP contribution in [0.1, 0.15) is 35.6 Å². The van der Waals surface area contributed by atoms with E-state index in [4.69, 9.17) is 4.98 Å². The lowest BCUT2D eigenvalue weighted by molar-refractivity contribution is 0.529. The first-order valence-corrected chi connectivity index (χ1v) is 9.58. The highest BCUT2D eigenvalue weighted by atomic mass is 15.3. The van der Waals surface area contributed by atoms with Gasteiger partial charge in [0, 0.05) is 24.0 Å². The second-order valence-corrected chi connectivity index (χ2v) is 7.13. The van der Waals surface area contributed by atoms with Crippen molar-refractivity contribution in [2.24, 2.45) is 0 Å². The van der Waals surface area contributed by atoms with E-state index in [1.54, 1.807) is 0 Å². The van der Waals surface area contributed by atoms with Gasteiger partial charge >= 0.3 is 0 Å². The Labute approximate surface area is 159 Å². The number of benzene rings is 2. The maximum absolute atomic E-state index is 4.89. The second kappa shape index (κ2) is 6.88. The molecule has 5 rings (SSSR count). The highest BCUT2D eigenvalue weighted by Gasteiger charge is 2.29. The molecule has 0 bridgehead atoms. The van der Waals surface area contributed by atoms with Gasteiger partial charge in [0.15, 0.2) is 0 Å². The van der Waals surface area contributed by atoms with Gasteiger partial charge in [0.05, 0.1) is 6.04 Å². The average molecular weight is 354 g/mol. The molecule has 2 heterocycles. The summed E-state index contributed by atoms with van der Waals surface area (Å²) < 4.78 is 0. The molecular weight excluding hydrogens is 332 g/mol. The Kier molecular flexibility index (Phi) is 4.09. The Morgan fingerprint density at radius 1 is 1.00 bits per heavy atom. The van der Waals surface area contributed by atoms with Crippen LogP contribution in [0.4, 0.5) is 17.5 Å². The molecule has 1 atom stereocenters. The quantitative estimate of drug-likeness (QED) is 0.708. The van der Waals surface area contributed by atoms with Gasteiger partial charge in [-0.25, -0.2) is 4.98 Å². The van der Waals surface area contributed by atoms with Crippen LogP contribution in [0.3, 0.4) is 0 Å². The van der Waals surface area contributed by atoms with E-state index in [2.05, 4.69) is 51.6 Å². The molecule has 134 valence electrons. The molecule has 0 saturated heterocycles. The summed E-state index contributed by atoms with van der Waals surface area (Å²) in [6.45, 7) is 0.883. The normalized spacial score (nSPS) is 17.9. The maximum atomic E-state index is 4.89. The third-order valence-corrected chi connectivity index (χ3v) is 5.41. The molecule has 0 fully saturated rings. The number of hydrogen-bond acceptors (Lipinski definition) is 4. The largest absolute Gasteiger partial charge is 0.345 e. The first-order chi connectivity index (χ1) is 13.4. The number of hydrogen-bond donors (Lipinski definition) is 1. The highest BCUT2D eigenvalue weighted by molar-refractivity contribution is 5.70. The molecular formula is C23H22N4. The van der Waals surface area contributed by atoms with Crippen LogP contribution in [0.15, 0.2) is 66.9 Å². The van der Waals surface area contributed by atoms with Gasteiger partial charge in [0.2, 0.25) is 5.95 Å². The van der Waals surface area contributed by atoms with Crippen molar-refractivity contribution >= 4 is 23.5 Å². The lowest BCUT2D eigenvalue weighted by Crippen LogP contribution is -2.34. The molecule has 4 heteroatoms. The van der Waals surface area contributed by atoms with Crippen molar-refractivity contribution < 1.29 is 0 Å². The lowest BCUT2D eigenvalue weighted by atomic mass is 9.86. The molecule has 1 N–H and O–H groups in total. The fourth-order valence-corrected chi connectivity index (χ4v) is 4.15. The first kappa shape index (κ1) is 16.1. The molecule has 3 aromatic rings. The van der Waals surface area contributed by atoms with Crippen LogP contribution in [0.5, 0.6) is 0 Å². The van der Waals surface area contributed by atoms with Crippen LogP contribution >= 0.6 is 0 Å². The fraction of sp³-hybridized carbons (Fsp3) is 0.217. The number of nitrogens with one attached hydrogen (secondary N) is 1. The molecule has 0 spiro atoms. The third kappa shape index (κ3) is 3.08. The zero-order chi connectivity index (χ0) is 18.1. The summed E-state index contributed by atoms with van der Waals surface area (Å²) in [5.74, 6) is 1.66. The van der Waals surface area contributed by atoms with Gasteiger partial charge in [-0.3, -0.25) is 0 Å². The van der Waals surface area contributed by atoms with E-state index in [9.17, 15) is 0 Å². The molecule has 0 amide bonds. The predicted molar refractivity (Wildman–Crippen MR) is 110 cm³/mol. The van der Waals surface area contributed by atoms with E-state index in [0.717, 1.165) is 30.0 Å². The van der Waals surface area contributed by atoms with Crippen LogP contribution < -0.4 is 10.2 Å². The Hall–Kier alpha value is -3.14. The topological polar surface area (TPSA) is 41.1 Å². The summed E-state index contributed by atoms with van der Waals surface area (Å²) in [4.78, 5) is 11.8. The van der Waals surface area contributed by atoms with Crippen molar-refractivity contribution in [3.05, 3.63) is 83.6 Å². The Morgan fingerprint density at radius 3 is 2.78 bits per heavy atom. The average Bonchev–Trinajstić information content (AvgIpc) is 2.74. The van der Waals surface area contributed by atoms with Gasteiger partial charge in [-0.1, -0.05) is 54.6 Å². The summed E-state index contributed by atoms with van der Waals surface area (Å²) in [5.41, 5.74) is 5.00. The van der Waals surface area contributed by atoms with Gasteiger partial charge in [-0.2, -0.15) is 4.98 Å². The Balaban J connectivity index is 1.51. The van der Waals surface area contributed by atoms with Gasteiger partial charge in [0.1, 0.15) is 5.82 Å². The fourth-order valence-electron chi connectivity index (χ4n) is 4.15. The summed E-state index contributed by atoms with van der Waals surface area (Å²) >= 11 is 0. The highest BCUT2D eigenvalue weighted by Crippen LogP contribution is 2.39. The maximum Gasteiger partial charge on any atom is 0.229 e. The number of aryl methyl sites for hydroxylation is 1. The van der Waals surface area contributed by atoms with Crippen LogP contribution in [-0.4, -0.2) is 16.5 Å². The first-order valence-electron chi connectivity index (χ1n) is 9.58. The molecule has 2 aromatic carbocycles. The molecule has 1 aromatic heterocycles. The minimum absolute atomic E-state index is 0.373. The lowest BCUT2D eigenvalue weighted by Gasteiger charge is -2.38. The van der Waals surface area contributed by atoms with Crippen LogP contribution in [0.2, 0.25) is 0 Å². The van der Waals surface area contributed by atoms with Crippen LogP contribution in [0, 0.1) is 0 Å². The number of fused-ring (bicyclic) bond motifs is 2. The predicted octanol–water partition coefficient (Wildman–Crippen LogP) is 5.13. The van der Waals surface area contributed by atoms with E-state index in [1.165, 1.54) is 24.0 Å². The molecule has 0 saturated carbocycles. The van der Waals surface area contributed by atoms with Crippen molar-refractivity contribution in [3.63, 3.8) is 0 Å². The van der Waals surface area contributed by atoms with Gasteiger partial charge in [-0.15, -0.1) is 0 Å². The van der Waals surface area contributed by atoms with Crippen molar-refractivity contribution in [1.29, 1.82) is 0 Å². The number of aromatic nitrogens is 2. The minimum Gasteiger partial charge on any atom is -0.345 e. The van der Waals surface area contributed by atoms with Crippen LogP contribution in [-0.2, 0) is 6.42 Å². The number of rotatable bonds is 3. The molecule has 27 heavy (non-hydrogen) atoms. The van der Waals surface area contributed by atoms with Crippen molar-refractivity contribution in [2.45, 2.75) is 25.3 Å².